The van der Waals surface area contributed by atoms with Gasteiger partial charge >= 0.3 is 0 Å². The number of methoxy groups -OCH3 is 1. The van der Waals surface area contributed by atoms with E-state index in [9.17, 15) is 0 Å². The summed E-state index contributed by atoms with van der Waals surface area (Å²) in [7, 11) is 1.80. The van der Waals surface area contributed by atoms with Crippen molar-refractivity contribution >= 4 is 0 Å². The molecule has 2 rings (SSSR count). The summed E-state index contributed by atoms with van der Waals surface area (Å²) < 4.78 is 11.7. The largest absolute Gasteiger partial charge is 0.377 e. The maximum absolute atomic E-state index is 6.19. The van der Waals surface area contributed by atoms with Gasteiger partial charge in [0.25, 0.3) is 0 Å². The quantitative estimate of drug-likeness (QED) is 0.801. The zero-order chi connectivity index (χ0) is 12.3. The van der Waals surface area contributed by atoms with Crippen molar-refractivity contribution in [3.05, 3.63) is 0 Å². The van der Waals surface area contributed by atoms with Crippen LogP contribution in [0, 0.1) is 5.92 Å². The number of rotatable bonds is 5. The fourth-order valence-electron chi connectivity index (χ4n) is 3.11. The normalized spacial score (nSPS) is 42.2. The lowest BCUT2D eigenvalue weighted by atomic mass is 9.83. The highest BCUT2D eigenvalue weighted by molar-refractivity contribution is 4.97. The molecular formula is C14H27NO2. The fraction of sp³-hybridized carbons (Fsp3) is 1.00. The molecule has 3 nitrogen and oxygen atoms in total. The van der Waals surface area contributed by atoms with Crippen molar-refractivity contribution in [1.82, 2.24) is 5.32 Å². The van der Waals surface area contributed by atoms with Crippen molar-refractivity contribution in [2.75, 3.05) is 13.7 Å². The van der Waals surface area contributed by atoms with Crippen LogP contribution in [-0.2, 0) is 9.47 Å². The van der Waals surface area contributed by atoms with E-state index in [1.165, 1.54) is 25.7 Å². The maximum atomic E-state index is 6.19. The third kappa shape index (κ3) is 3.21. The number of hydrogen-bond donors (Lipinski definition) is 1. The van der Waals surface area contributed by atoms with Crippen LogP contribution >= 0.6 is 0 Å². The molecule has 0 aromatic rings. The number of hydrogen-bond acceptors (Lipinski definition) is 3. The number of nitrogens with one attached hydrogen (secondary N) is 1. The Kier molecular flexibility index (Phi) is 4.83. The van der Waals surface area contributed by atoms with Crippen molar-refractivity contribution < 1.29 is 9.47 Å². The van der Waals surface area contributed by atoms with Crippen molar-refractivity contribution in [3.8, 4) is 0 Å². The van der Waals surface area contributed by atoms with E-state index in [0.717, 1.165) is 18.9 Å². The highest BCUT2D eigenvalue weighted by atomic mass is 16.5. The topological polar surface area (TPSA) is 30.5 Å². The Morgan fingerprint density at radius 1 is 1.18 bits per heavy atom. The molecule has 3 unspecified atom stereocenters. The minimum absolute atomic E-state index is 0.259. The summed E-state index contributed by atoms with van der Waals surface area (Å²) in [6, 6.07) is 0.498. The summed E-state index contributed by atoms with van der Waals surface area (Å²) in [4.78, 5) is 0. The van der Waals surface area contributed by atoms with E-state index < -0.39 is 0 Å². The van der Waals surface area contributed by atoms with Crippen molar-refractivity contribution in [2.24, 2.45) is 5.92 Å². The zero-order valence-electron chi connectivity index (χ0n) is 11.4. The van der Waals surface area contributed by atoms with Gasteiger partial charge in [0.1, 0.15) is 0 Å². The third-order valence-corrected chi connectivity index (χ3v) is 4.32. The first-order valence-corrected chi connectivity index (χ1v) is 7.16. The lowest BCUT2D eigenvalue weighted by molar-refractivity contribution is -0.163. The minimum Gasteiger partial charge on any atom is -0.377 e. The van der Waals surface area contributed by atoms with Gasteiger partial charge in [-0.25, -0.2) is 0 Å². The van der Waals surface area contributed by atoms with Crippen LogP contribution in [0.3, 0.4) is 0 Å². The van der Waals surface area contributed by atoms with E-state index in [4.69, 9.17) is 9.47 Å². The SMILES string of the molecule is CCNC1CC(OC2CCC(C)CC2)C1OC. The average Bonchev–Trinajstić information content (AvgIpc) is 2.30. The predicted molar refractivity (Wildman–Crippen MR) is 69.2 cm³/mol. The van der Waals surface area contributed by atoms with E-state index >= 15 is 0 Å². The van der Waals surface area contributed by atoms with Gasteiger partial charge < -0.3 is 14.8 Å². The first kappa shape index (κ1) is 13.3. The second-order valence-corrected chi connectivity index (χ2v) is 5.66. The highest BCUT2D eigenvalue weighted by Gasteiger charge is 2.43. The Labute approximate surface area is 105 Å². The molecule has 100 valence electrons. The van der Waals surface area contributed by atoms with Crippen LogP contribution < -0.4 is 5.32 Å². The summed E-state index contributed by atoms with van der Waals surface area (Å²) in [6.45, 7) is 5.50. The second kappa shape index (κ2) is 6.17. The summed E-state index contributed by atoms with van der Waals surface area (Å²) in [5, 5.41) is 3.45. The summed E-state index contributed by atoms with van der Waals surface area (Å²) in [6.07, 6.45) is 7.29. The van der Waals surface area contributed by atoms with Crippen molar-refractivity contribution in [2.45, 2.75) is 70.3 Å². The first-order chi connectivity index (χ1) is 8.24. The lowest BCUT2D eigenvalue weighted by Gasteiger charge is -2.45. The fourth-order valence-corrected chi connectivity index (χ4v) is 3.11. The minimum atomic E-state index is 0.259. The third-order valence-electron chi connectivity index (χ3n) is 4.32. The Bertz CT molecular complexity index is 226. The zero-order valence-corrected chi connectivity index (χ0v) is 11.4. The molecule has 0 amide bonds. The lowest BCUT2D eigenvalue weighted by Crippen LogP contribution is -2.60. The molecule has 0 radical (unpaired) electrons. The molecular weight excluding hydrogens is 214 g/mol. The number of likely N-dealkylation sites (N-methyl/N-ethyl adjacent to an activating group) is 1. The maximum Gasteiger partial charge on any atom is 0.0987 e. The smallest absolute Gasteiger partial charge is 0.0987 e. The molecule has 2 saturated carbocycles. The van der Waals surface area contributed by atoms with E-state index in [-0.39, 0.29) is 6.10 Å². The van der Waals surface area contributed by atoms with Gasteiger partial charge in [0.2, 0.25) is 0 Å². The Morgan fingerprint density at radius 3 is 2.47 bits per heavy atom. The molecule has 0 bridgehead atoms. The molecule has 0 aliphatic heterocycles. The van der Waals surface area contributed by atoms with Gasteiger partial charge in [-0.3, -0.25) is 0 Å². The monoisotopic (exact) mass is 241 g/mol. The average molecular weight is 241 g/mol. The molecule has 17 heavy (non-hydrogen) atoms. The molecule has 0 aromatic carbocycles. The van der Waals surface area contributed by atoms with Crippen molar-refractivity contribution in [1.29, 1.82) is 0 Å². The van der Waals surface area contributed by atoms with Crippen LogP contribution in [0.25, 0.3) is 0 Å². The molecule has 0 heterocycles. The van der Waals surface area contributed by atoms with E-state index in [1.807, 2.05) is 0 Å². The second-order valence-electron chi connectivity index (χ2n) is 5.66. The molecule has 3 atom stereocenters. The van der Waals surface area contributed by atoms with Gasteiger partial charge in [-0.15, -0.1) is 0 Å². The molecule has 2 aliphatic rings. The summed E-state index contributed by atoms with van der Waals surface area (Å²) in [5.74, 6) is 0.893. The van der Waals surface area contributed by atoms with Gasteiger partial charge in [-0.2, -0.15) is 0 Å². The summed E-state index contributed by atoms with van der Waals surface area (Å²) in [5.41, 5.74) is 0. The van der Waals surface area contributed by atoms with Crippen LogP contribution in [0.1, 0.15) is 46.0 Å². The Balaban J connectivity index is 1.73. The van der Waals surface area contributed by atoms with Crippen LogP contribution in [0.5, 0.6) is 0 Å². The van der Waals surface area contributed by atoms with Gasteiger partial charge in [-0.05, 0) is 44.6 Å². The van der Waals surface area contributed by atoms with Gasteiger partial charge in [0.15, 0.2) is 0 Å². The molecule has 0 aromatic heterocycles. The van der Waals surface area contributed by atoms with E-state index in [0.29, 0.717) is 18.2 Å². The Morgan fingerprint density at radius 2 is 1.88 bits per heavy atom. The van der Waals surface area contributed by atoms with Gasteiger partial charge in [0.05, 0.1) is 18.3 Å². The molecule has 0 saturated heterocycles. The van der Waals surface area contributed by atoms with Crippen LogP contribution in [0.4, 0.5) is 0 Å². The standard InChI is InChI=1S/C14H27NO2/c1-4-15-12-9-13(14(12)16-3)17-11-7-5-10(2)6-8-11/h10-15H,4-9H2,1-3H3. The summed E-state index contributed by atoms with van der Waals surface area (Å²) >= 11 is 0. The van der Waals surface area contributed by atoms with Crippen molar-refractivity contribution in [3.63, 3.8) is 0 Å². The Hall–Kier alpha value is -0.120. The number of ether oxygens (including phenoxy) is 2. The molecule has 0 spiro atoms. The first-order valence-electron chi connectivity index (χ1n) is 7.16. The van der Waals surface area contributed by atoms with Crippen LogP contribution in [0.15, 0.2) is 0 Å². The molecule has 1 N–H and O–H groups in total. The van der Waals surface area contributed by atoms with Crippen LogP contribution in [0.2, 0.25) is 0 Å². The van der Waals surface area contributed by atoms with Crippen LogP contribution in [-0.4, -0.2) is 38.0 Å². The molecule has 2 fully saturated rings. The van der Waals surface area contributed by atoms with E-state index in [1.54, 1.807) is 7.11 Å². The predicted octanol–water partition coefficient (Wildman–Crippen LogP) is 2.35. The van der Waals surface area contributed by atoms with Gasteiger partial charge in [-0.1, -0.05) is 13.8 Å². The molecule has 2 aliphatic carbocycles. The highest BCUT2D eigenvalue weighted by Crippen LogP contribution is 2.32. The molecule has 3 heteroatoms. The van der Waals surface area contributed by atoms with Gasteiger partial charge in [0, 0.05) is 13.2 Å². The van der Waals surface area contributed by atoms with E-state index in [2.05, 4.69) is 19.2 Å².